The molecule has 88 valence electrons. The van der Waals surface area contributed by atoms with E-state index in [0.29, 0.717) is 5.54 Å². The molecular formula is C13H25NO. The summed E-state index contributed by atoms with van der Waals surface area (Å²) in [6.45, 7) is 12.5. The highest BCUT2D eigenvalue weighted by Gasteiger charge is 2.51. The lowest BCUT2D eigenvalue weighted by atomic mass is 9.70. The summed E-state index contributed by atoms with van der Waals surface area (Å²) in [4.78, 5) is 0. The summed E-state index contributed by atoms with van der Waals surface area (Å²) in [5, 5.41) is 3.77. The van der Waals surface area contributed by atoms with Gasteiger partial charge in [0.25, 0.3) is 0 Å². The zero-order valence-corrected chi connectivity index (χ0v) is 10.5. The van der Waals surface area contributed by atoms with Gasteiger partial charge in [0.15, 0.2) is 0 Å². The van der Waals surface area contributed by atoms with Gasteiger partial charge in [-0.15, -0.1) is 0 Å². The number of hydrogen-bond acceptors (Lipinski definition) is 2. The van der Waals surface area contributed by atoms with Crippen LogP contribution in [0.3, 0.4) is 0 Å². The molecule has 0 saturated carbocycles. The van der Waals surface area contributed by atoms with Crippen molar-refractivity contribution in [3.63, 3.8) is 0 Å². The zero-order chi connectivity index (χ0) is 11.1. The fraction of sp³-hybridized carbons (Fsp3) is 1.00. The van der Waals surface area contributed by atoms with Gasteiger partial charge in [0, 0.05) is 12.1 Å². The van der Waals surface area contributed by atoms with E-state index in [9.17, 15) is 0 Å². The van der Waals surface area contributed by atoms with Gasteiger partial charge in [-0.25, -0.2) is 0 Å². The molecule has 0 aromatic heterocycles. The third kappa shape index (κ3) is 1.83. The van der Waals surface area contributed by atoms with Gasteiger partial charge in [-0.05, 0) is 36.6 Å². The molecule has 2 aliphatic heterocycles. The Morgan fingerprint density at radius 3 is 2.40 bits per heavy atom. The van der Waals surface area contributed by atoms with Crippen molar-refractivity contribution in [3.05, 3.63) is 0 Å². The first-order valence-corrected chi connectivity index (χ1v) is 6.39. The molecule has 2 aliphatic rings. The van der Waals surface area contributed by atoms with Crippen molar-refractivity contribution >= 4 is 0 Å². The Balaban J connectivity index is 2.20. The minimum Gasteiger partial charge on any atom is -0.379 e. The van der Waals surface area contributed by atoms with Crippen molar-refractivity contribution in [2.24, 2.45) is 23.7 Å². The zero-order valence-electron chi connectivity index (χ0n) is 10.5. The average Bonchev–Trinajstić information content (AvgIpc) is 2.74. The van der Waals surface area contributed by atoms with Crippen LogP contribution >= 0.6 is 0 Å². The maximum absolute atomic E-state index is 5.63. The molecule has 3 atom stereocenters. The van der Waals surface area contributed by atoms with Crippen molar-refractivity contribution in [2.45, 2.75) is 39.7 Å². The van der Waals surface area contributed by atoms with E-state index < -0.39 is 0 Å². The van der Waals surface area contributed by atoms with Gasteiger partial charge in [0.2, 0.25) is 0 Å². The lowest BCUT2D eigenvalue weighted by molar-refractivity contribution is 0.119. The van der Waals surface area contributed by atoms with E-state index in [1.165, 1.54) is 13.0 Å². The minimum atomic E-state index is 0.309. The summed E-state index contributed by atoms with van der Waals surface area (Å²) in [6.07, 6.45) is 1.21. The van der Waals surface area contributed by atoms with Crippen LogP contribution in [-0.4, -0.2) is 25.3 Å². The van der Waals surface area contributed by atoms with Gasteiger partial charge in [-0.2, -0.15) is 0 Å². The highest BCUT2D eigenvalue weighted by molar-refractivity contribution is 5.06. The molecule has 1 N–H and O–H groups in total. The van der Waals surface area contributed by atoms with Gasteiger partial charge in [-0.1, -0.05) is 27.7 Å². The topological polar surface area (TPSA) is 21.3 Å². The van der Waals surface area contributed by atoms with Crippen LogP contribution in [0.4, 0.5) is 0 Å². The van der Waals surface area contributed by atoms with Gasteiger partial charge < -0.3 is 10.1 Å². The van der Waals surface area contributed by atoms with Crippen LogP contribution in [0.2, 0.25) is 0 Å². The molecule has 2 heteroatoms. The Hall–Kier alpha value is -0.0800. The minimum absolute atomic E-state index is 0.309. The molecule has 0 aromatic carbocycles. The highest BCUT2D eigenvalue weighted by atomic mass is 16.5. The third-order valence-corrected chi connectivity index (χ3v) is 4.42. The Bertz CT molecular complexity index is 219. The van der Waals surface area contributed by atoms with Crippen molar-refractivity contribution in [2.75, 3.05) is 19.8 Å². The lowest BCUT2D eigenvalue weighted by Crippen LogP contribution is -2.47. The van der Waals surface area contributed by atoms with Crippen LogP contribution in [0.15, 0.2) is 0 Å². The molecule has 0 aliphatic carbocycles. The smallest absolute Gasteiger partial charge is 0.0652 e. The van der Waals surface area contributed by atoms with E-state index in [2.05, 4.69) is 33.0 Å². The molecule has 0 radical (unpaired) electrons. The monoisotopic (exact) mass is 211 g/mol. The van der Waals surface area contributed by atoms with E-state index in [1.54, 1.807) is 0 Å². The average molecular weight is 211 g/mol. The van der Waals surface area contributed by atoms with Crippen molar-refractivity contribution in [3.8, 4) is 0 Å². The summed E-state index contributed by atoms with van der Waals surface area (Å²) >= 11 is 0. The Morgan fingerprint density at radius 2 is 1.93 bits per heavy atom. The van der Waals surface area contributed by atoms with Crippen LogP contribution in [0.1, 0.15) is 34.1 Å². The number of hydrogen-bond donors (Lipinski definition) is 1. The summed E-state index contributed by atoms with van der Waals surface area (Å²) in [6, 6.07) is 0. The normalized spacial score (nSPS) is 41.2. The molecule has 0 amide bonds. The molecule has 2 heterocycles. The fourth-order valence-electron chi connectivity index (χ4n) is 3.74. The van der Waals surface area contributed by atoms with Gasteiger partial charge in [0.05, 0.1) is 6.61 Å². The molecule has 15 heavy (non-hydrogen) atoms. The Kier molecular flexibility index (Phi) is 3.09. The third-order valence-electron chi connectivity index (χ3n) is 4.42. The molecule has 2 nitrogen and oxygen atoms in total. The Labute approximate surface area is 93.8 Å². The first-order valence-electron chi connectivity index (χ1n) is 6.39. The SMILES string of the molecule is CC(C)C1CNC2(CCOC2)C1C(C)C. The van der Waals surface area contributed by atoms with Gasteiger partial charge >= 0.3 is 0 Å². The summed E-state index contributed by atoms with van der Waals surface area (Å²) in [5.74, 6) is 3.16. The van der Waals surface area contributed by atoms with E-state index in [1.807, 2.05) is 0 Å². The second-order valence-electron chi connectivity index (χ2n) is 6.02. The van der Waals surface area contributed by atoms with Crippen LogP contribution in [-0.2, 0) is 4.74 Å². The van der Waals surface area contributed by atoms with Crippen molar-refractivity contribution in [1.82, 2.24) is 5.32 Å². The molecule has 0 bridgehead atoms. The number of rotatable bonds is 2. The summed E-state index contributed by atoms with van der Waals surface area (Å²) < 4.78 is 5.63. The maximum atomic E-state index is 5.63. The number of nitrogens with one attached hydrogen (secondary N) is 1. The van der Waals surface area contributed by atoms with Crippen molar-refractivity contribution in [1.29, 1.82) is 0 Å². The molecular weight excluding hydrogens is 186 g/mol. The van der Waals surface area contributed by atoms with Crippen LogP contribution in [0.5, 0.6) is 0 Å². The van der Waals surface area contributed by atoms with Gasteiger partial charge in [0.1, 0.15) is 0 Å². The largest absolute Gasteiger partial charge is 0.379 e. The summed E-state index contributed by atoms with van der Waals surface area (Å²) in [7, 11) is 0. The second kappa shape index (κ2) is 4.06. The molecule has 3 unspecified atom stereocenters. The second-order valence-corrected chi connectivity index (χ2v) is 6.02. The quantitative estimate of drug-likeness (QED) is 0.756. The van der Waals surface area contributed by atoms with Crippen molar-refractivity contribution < 1.29 is 4.74 Å². The molecule has 2 fully saturated rings. The van der Waals surface area contributed by atoms with Gasteiger partial charge in [-0.3, -0.25) is 0 Å². The van der Waals surface area contributed by atoms with Crippen LogP contribution in [0, 0.1) is 23.7 Å². The van der Waals surface area contributed by atoms with E-state index in [0.717, 1.165) is 36.9 Å². The van der Waals surface area contributed by atoms with E-state index >= 15 is 0 Å². The van der Waals surface area contributed by atoms with Crippen LogP contribution < -0.4 is 5.32 Å². The molecule has 2 rings (SSSR count). The molecule has 1 spiro atoms. The summed E-state index contributed by atoms with van der Waals surface area (Å²) in [5.41, 5.74) is 0.309. The van der Waals surface area contributed by atoms with Crippen LogP contribution in [0.25, 0.3) is 0 Å². The first-order chi connectivity index (χ1) is 7.07. The molecule has 2 saturated heterocycles. The lowest BCUT2D eigenvalue weighted by Gasteiger charge is -2.36. The first kappa shape index (κ1) is 11.4. The maximum Gasteiger partial charge on any atom is 0.0652 e. The van der Waals surface area contributed by atoms with E-state index in [4.69, 9.17) is 4.74 Å². The number of ether oxygens (including phenoxy) is 1. The Morgan fingerprint density at radius 1 is 1.20 bits per heavy atom. The van der Waals surface area contributed by atoms with E-state index in [-0.39, 0.29) is 0 Å². The predicted octanol–water partition coefficient (Wildman–Crippen LogP) is 2.29. The highest BCUT2D eigenvalue weighted by Crippen LogP contribution is 2.44. The standard InChI is InChI=1S/C13H25NO/c1-9(2)11-7-14-13(5-6-15-8-13)12(11)10(3)4/h9-12,14H,5-8H2,1-4H3. The molecule has 0 aromatic rings. The predicted molar refractivity (Wildman–Crippen MR) is 62.8 cm³/mol. The fourth-order valence-corrected chi connectivity index (χ4v) is 3.74.